The Morgan fingerprint density at radius 2 is 1.75 bits per heavy atom. The molecule has 0 saturated carbocycles. The molecule has 1 N–H and O–H groups in total. The normalized spacial score (nSPS) is 11.2. The fraction of sp³-hybridized carbons (Fsp3) is 0.125. The first-order chi connectivity index (χ1) is 9.54. The van der Waals surface area contributed by atoms with E-state index in [1.54, 1.807) is 12.1 Å². The van der Waals surface area contributed by atoms with Gasteiger partial charge in [-0.15, -0.1) is 0 Å². The van der Waals surface area contributed by atoms with Crippen LogP contribution >= 0.6 is 15.9 Å². The third-order valence-corrected chi connectivity index (χ3v) is 4.23. The van der Waals surface area contributed by atoms with Gasteiger partial charge in [-0.3, -0.25) is 0 Å². The van der Waals surface area contributed by atoms with E-state index in [0.717, 1.165) is 32.2 Å². The van der Waals surface area contributed by atoms with Gasteiger partial charge in [0.25, 0.3) is 0 Å². The van der Waals surface area contributed by atoms with Crippen LogP contribution in [0.3, 0.4) is 0 Å². The Kier molecular flexibility index (Phi) is 3.34. The molecule has 102 valence electrons. The number of nitrogens with one attached hydrogen (secondary N) is 1. The number of aryl methyl sites for hydroxylation is 1. The van der Waals surface area contributed by atoms with E-state index in [1.807, 2.05) is 6.92 Å². The standard InChI is InChI=1S/C16H12BrF2N/c1-9-13(7-10-6-11(18)2-4-15(10)17)14-8-12(19)3-5-16(14)20-9/h2-6,8,20H,7H2,1H3. The predicted octanol–water partition coefficient (Wildman–Crippen LogP) is 5.11. The van der Waals surface area contributed by atoms with Crippen LogP contribution in [0.25, 0.3) is 10.9 Å². The number of H-pyrrole nitrogens is 1. The van der Waals surface area contributed by atoms with Crippen LogP contribution in [0.1, 0.15) is 16.8 Å². The third-order valence-electron chi connectivity index (χ3n) is 3.46. The number of hydrogen-bond donors (Lipinski definition) is 1. The highest BCUT2D eigenvalue weighted by molar-refractivity contribution is 9.10. The molecule has 0 spiro atoms. The van der Waals surface area contributed by atoms with Crippen LogP contribution in [-0.2, 0) is 6.42 Å². The molecule has 1 aromatic heterocycles. The molecule has 0 amide bonds. The minimum absolute atomic E-state index is 0.268. The van der Waals surface area contributed by atoms with Crippen molar-refractivity contribution in [3.05, 3.63) is 69.3 Å². The Hall–Kier alpha value is -1.68. The van der Waals surface area contributed by atoms with Gasteiger partial charge in [0.05, 0.1) is 0 Å². The lowest BCUT2D eigenvalue weighted by Gasteiger charge is -2.05. The molecule has 3 rings (SSSR count). The summed E-state index contributed by atoms with van der Waals surface area (Å²) in [6.45, 7) is 1.94. The predicted molar refractivity (Wildman–Crippen MR) is 79.9 cm³/mol. The molecule has 0 aliphatic heterocycles. The van der Waals surface area contributed by atoms with Gasteiger partial charge in [-0.2, -0.15) is 0 Å². The molecule has 4 heteroatoms. The van der Waals surface area contributed by atoms with E-state index in [-0.39, 0.29) is 11.6 Å². The second kappa shape index (κ2) is 5.02. The molecule has 1 heterocycles. The van der Waals surface area contributed by atoms with Crippen LogP contribution in [-0.4, -0.2) is 4.98 Å². The minimum Gasteiger partial charge on any atom is -0.358 e. The molecule has 0 atom stereocenters. The van der Waals surface area contributed by atoms with Crippen molar-refractivity contribution in [2.45, 2.75) is 13.3 Å². The maximum absolute atomic E-state index is 13.4. The molecule has 0 bridgehead atoms. The first-order valence-electron chi connectivity index (χ1n) is 6.25. The van der Waals surface area contributed by atoms with E-state index in [0.29, 0.717) is 6.42 Å². The van der Waals surface area contributed by atoms with E-state index >= 15 is 0 Å². The number of aromatic nitrogens is 1. The van der Waals surface area contributed by atoms with Crippen molar-refractivity contribution in [2.24, 2.45) is 0 Å². The number of rotatable bonds is 2. The van der Waals surface area contributed by atoms with E-state index < -0.39 is 0 Å². The summed E-state index contributed by atoms with van der Waals surface area (Å²) in [5, 5.41) is 0.846. The second-order valence-corrected chi connectivity index (χ2v) is 5.69. The summed E-state index contributed by atoms with van der Waals surface area (Å²) in [6.07, 6.45) is 0.549. The van der Waals surface area contributed by atoms with E-state index in [4.69, 9.17) is 0 Å². The van der Waals surface area contributed by atoms with Crippen molar-refractivity contribution in [2.75, 3.05) is 0 Å². The summed E-state index contributed by atoms with van der Waals surface area (Å²) in [4.78, 5) is 3.23. The Bertz CT molecular complexity index is 793. The Morgan fingerprint density at radius 1 is 1.05 bits per heavy atom. The highest BCUT2D eigenvalue weighted by atomic mass is 79.9. The fourth-order valence-corrected chi connectivity index (χ4v) is 2.84. The van der Waals surface area contributed by atoms with Gasteiger partial charge < -0.3 is 4.98 Å². The average Bonchev–Trinajstić information content (AvgIpc) is 2.70. The molecular formula is C16H12BrF2N. The zero-order valence-corrected chi connectivity index (χ0v) is 12.4. The van der Waals surface area contributed by atoms with Gasteiger partial charge in [-0.05, 0) is 54.4 Å². The number of benzene rings is 2. The quantitative estimate of drug-likeness (QED) is 0.669. The molecule has 0 radical (unpaired) electrons. The first-order valence-corrected chi connectivity index (χ1v) is 7.04. The fourth-order valence-electron chi connectivity index (χ4n) is 2.45. The summed E-state index contributed by atoms with van der Waals surface area (Å²) in [7, 11) is 0. The Labute approximate surface area is 123 Å². The van der Waals surface area contributed by atoms with Crippen molar-refractivity contribution in [3.63, 3.8) is 0 Å². The lowest BCUT2D eigenvalue weighted by molar-refractivity contribution is 0.625. The lowest BCUT2D eigenvalue weighted by Crippen LogP contribution is -1.92. The van der Waals surface area contributed by atoms with Crippen molar-refractivity contribution in [1.29, 1.82) is 0 Å². The number of halogens is 3. The molecule has 0 saturated heterocycles. The molecule has 0 unspecified atom stereocenters. The molecule has 1 nitrogen and oxygen atoms in total. The molecule has 3 aromatic rings. The maximum Gasteiger partial charge on any atom is 0.123 e. The summed E-state index contributed by atoms with van der Waals surface area (Å²) in [5.74, 6) is -0.539. The molecule has 0 fully saturated rings. The summed E-state index contributed by atoms with van der Waals surface area (Å²) in [6, 6.07) is 9.27. The maximum atomic E-state index is 13.4. The van der Waals surface area contributed by atoms with E-state index in [1.165, 1.54) is 24.3 Å². The van der Waals surface area contributed by atoms with Gasteiger partial charge in [0.2, 0.25) is 0 Å². The van der Waals surface area contributed by atoms with Crippen LogP contribution in [0.2, 0.25) is 0 Å². The van der Waals surface area contributed by atoms with Gasteiger partial charge in [-0.25, -0.2) is 8.78 Å². The Morgan fingerprint density at radius 3 is 2.55 bits per heavy atom. The highest BCUT2D eigenvalue weighted by Gasteiger charge is 2.12. The monoisotopic (exact) mass is 335 g/mol. The number of hydrogen-bond acceptors (Lipinski definition) is 0. The lowest BCUT2D eigenvalue weighted by atomic mass is 10.0. The molecule has 20 heavy (non-hydrogen) atoms. The molecule has 0 aliphatic carbocycles. The van der Waals surface area contributed by atoms with Crippen LogP contribution < -0.4 is 0 Å². The van der Waals surface area contributed by atoms with E-state index in [9.17, 15) is 8.78 Å². The van der Waals surface area contributed by atoms with Crippen LogP contribution in [0, 0.1) is 18.6 Å². The first kappa shape index (κ1) is 13.3. The van der Waals surface area contributed by atoms with Crippen molar-refractivity contribution in [1.82, 2.24) is 4.98 Å². The zero-order chi connectivity index (χ0) is 14.3. The van der Waals surface area contributed by atoms with Gasteiger partial charge in [-0.1, -0.05) is 15.9 Å². The average molecular weight is 336 g/mol. The topological polar surface area (TPSA) is 15.8 Å². The summed E-state index contributed by atoms with van der Waals surface area (Å²) in [5.41, 5.74) is 3.71. The van der Waals surface area contributed by atoms with Crippen LogP contribution in [0.15, 0.2) is 40.9 Å². The van der Waals surface area contributed by atoms with Crippen LogP contribution in [0.5, 0.6) is 0 Å². The smallest absolute Gasteiger partial charge is 0.123 e. The SMILES string of the molecule is Cc1[nH]c2ccc(F)cc2c1Cc1cc(F)ccc1Br. The summed E-state index contributed by atoms with van der Waals surface area (Å²) >= 11 is 3.43. The van der Waals surface area contributed by atoms with Crippen molar-refractivity contribution in [3.8, 4) is 0 Å². The molecule has 0 aliphatic rings. The molecule has 2 aromatic carbocycles. The van der Waals surface area contributed by atoms with Crippen molar-refractivity contribution >= 4 is 26.8 Å². The van der Waals surface area contributed by atoms with Gasteiger partial charge in [0.15, 0.2) is 0 Å². The molecular weight excluding hydrogens is 324 g/mol. The largest absolute Gasteiger partial charge is 0.358 e. The highest BCUT2D eigenvalue weighted by Crippen LogP contribution is 2.28. The van der Waals surface area contributed by atoms with Gasteiger partial charge in [0, 0.05) is 27.5 Å². The second-order valence-electron chi connectivity index (χ2n) is 4.83. The summed E-state index contributed by atoms with van der Waals surface area (Å²) < 4.78 is 27.6. The van der Waals surface area contributed by atoms with Gasteiger partial charge >= 0.3 is 0 Å². The minimum atomic E-state index is -0.271. The van der Waals surface area contributed by atoms with Crippen molar-refractivity contribution < 1.29 is 8.78 Å². The third kappa shape index (κ3) is 2.36. The number of fused-ring (bicyclic) bond motifs is 1. The van der Waals surface area contributed by atoms with Gasteiger partial charge in [0.1, 0.15) is 11.6 Å². The zero-order valence-electron chi connectivity index (χ0n) is 10.8. The Balaban J connectivity index is 2.12. The number of aromatic amines is 1. The van der Waals surface area contributed by atoms with Crippen LogP contribution in [0.4, 0.5) is 8.78 Å². The van der Waals surface area contributed by atoms with E-state index in [2.05, 4.69) is 20.9 Å².